The zero-order valence-electron chi connectivity index (χ0n) is 16.4. The molecule has 6 nitrogen and oxygen atoms in total. The summed E-state index contributed by atoms with van der Waals surface area (Å²) in [5.74, 6) is 1.77. The first-order valence-electron chi connectivity index (χ1n) is 10.3. The van der Waals surface area contributed by atoms with E-state index in [1.54, 1.807) is 0 Å². The summed E-state index contributed by atoms with van der Waals surface area (Å²) in [5.41, 5.74) is 0. The third-order valence-corrected chi connectivity index (χ3v) is 5.14. The number of hydrogen-bond acceptors (Lipinski definition) is 4. The number of guanidine groups is 1. The van der Waals surface area contributed by atoms with Crippen molar-refractivity contribution in [3.05, 3.63) is 0 Å². The smallest absolute Gasteiger partial charge is 0.190 e. The van der Waals surface area contributed by atoms with Gasteiger partial charge in [-0.25, -0.2) is 0 Å². The van der Waals surface area contributed by atoms with E-state index in [-0.39, 0.29) is 0 Å². The average Bonchev–Trinajstić information content (AvgIpc) is 3.47. The molecule has 1 aliphatic heterocycles. The number of nitrogens with zero attached hydrogens (tertiary/aromatic N) is 3. The lowest BCUT2D eigenvalue weighted by atomic mass is 10.2. The summed E-state index contributed by atoms with van der Waals surface area (Å²) in [6, 6.07) is 0. The first kappa shape index (κ1) is 20.5. The third kappa shape index (κ3) is 9.42. The molecule has 0 unspecified atom stereocenters. The van der Waals surface area contributed by atoms with Gasteiger partial charge >= 0.3 is 0 Å². The topological polar surface area (TPSA) is 52.1 Å². The largest absolute Gasteiger partial charge is 0.381 e. The van der Waals surface area contributed by atoms with Crippen molar-refractivity contribution in [2.24, 2.45) is 10.9 Å². The Kier molecular flexibility index (Phi) is 10.2. The van der Waals surface area contributed by atoms with Crippen molar-refractivity contribution in [2.45, 2.75) is 39.0 Å². The predicted octanol–water partition coefficient (Wildman–Crippen LogP) is 1.39. The first-order valence-corrected chi connectivity index (χ1v) is 10.3. The van der Waals surface area contributed by atoms with E-state index < -0.39 is 0 Å². The highest BCUT2D eigenvalue weighted by Gasteiger charge is 2.20. The fraction of sp³-hybridized carbons (Fsp3) is 0.947. The van der Waals surface area contributed by atoms with Crippen LogP contribution in [0.1, 0.15) is 39.0 Å². The molecular weight excluding hydrogens is 314 g/mol. The molecule has 1 saturated heterocycles. The highest BCUT2D eigenvalue weighted by Crippen LogP contribution is 2.28. The number of aliphatic imine (C=N–C) groups is 1. The summed E-state index contributed by atoms with van der Waals surface area (Å²) in [7, 11) is 1.84. The van der Waals surface area contributed by atoms with Crippen LogP contribution in [0.15, 0.2) is 4.99 Å². The molecule has 0 bridgehead atoms. The van der Waals surface area contributed by atoms with E-state index in [0.717, 1.165) is 44.6 Å². The second-order valence-corrected chi connectivity index (χ2v) is 7.28. The molecule has 0 aromatic rings. The van der Waals surface area contributed by atoms with E-state index in [1.807, 2.05) is 7.05 Å². The molecule has 1 heterocycles. The van der Waals surface area contributed by atoms with Gasteiger partial charge in [0.2, 0.25) is 0 Å². The van der Waals surface area contributed by atoms with Gasteiger partial charge in [0.05, 0.1) is 0 Å². The minimum absolute atomic E-state index is 0.853. The lowest BCUT2D eigenvalue weighted by Gasteiger charge is -2.34. The molecular formula is C19H39N5O. The monoisotopic (exact) mass is 353 g/mol. The molecule has 0 atom stereocenters. The molecule has 2 rings (SSSR count). The van der Waals surface area contributed by atoms with Crippen LogP contribution in [0.3, 0.4) is 0 Å². The van der Waals surface area contributed by atoms with Crippen LogP contribution in [0.4, 0.5) is 0 Å². The fourth-order valence-electron chi connectivity index (χ4n) is 3.13. The van der Waals surface area contributed by atoms with Gasteiger partial charge in [-0.05, 0) is 51.1 Å². The Labute approximate surface area is 154 Å². The SMILES string of the molecule is CCN1CCN(CCCCNC(=NC)NCCCOCC2CC2)CC1. The molecule has 25 heavy (non-hydrogen) atoms. The number of unbranched alkanes of at least 4 members (excludes halogenated alkanes) is 1. The summed E-state index contributed by atoms with van der Waals surface area (Å²) < 4.78 is 5.65. The quantitative estimate of drug-likeness (QED) is 0.315. The molecule has 0 aromatic carbocycles. The van der Waals surface area contributed by atoms with Gasteiger partial charge in [-0.1, -0.05) is 6.92 Å². The average molecular weight is 354 g/mol. The van der Waals surface area contributed by atoms with E-state index >= 15 is 0 Å². The fourth-order valence-corrected chi connectivity index (χ4v) is 3.13. The Morgan fingerprint density at radius 3 is 2.32 bits per heavy atom. The Hall–Kier alpha value is -0.850. The maximum Gasteiger partial charge on any atom is 0.190 e. The molecule has 0 radical (unpaired) electrons. The molecule has 2 N–H and O–H groups in total. The highest BCUT2D eigenvalue weighted by atomic mass is 16.5. The molecule has 146 valence electrons. The van der Waals surface area contributed by atoms with Crippen molar-refractivity contribution in [1.29, 1.82) is 0 Å². The molecule has 2 aliphatic rings. The van der Waals surface area contributed by atoms with Crippen molar-refractivity contribution in [3.8, 4) is 0 Å². The zero-order chi connectivity index (χ0) is 17.7. The van der Waals surface area contributed by atoms with Crippen molar-refractivity contribution in [1.82, 2.24) is 20.4 Å². The molecule has 1 saturated carbocycles. The van der Waals surface area contributed by atoms with Gasteiger partial charge in [-0.15, -0.1) is 0 Å². The lowest BCUT2D eigenvalue weighted by molar-refractivity contribution is 0.123. The van der Waals surface area contributed by atoms with Gasteiger partial charge in [0.1, 0.15) is 0 Å². The minimum Gasteiger partial charge on any atom is -0.381 e. The summed E-state index contributed by atoms with van der Waals surface area (Å²) in [4.78, 5) is 9.42. The maximum atomic E-state index is 5.65. The number of nitrogens with one attached hydrogen (secondary N) is 2. The van der Waals surface area contributed by atoms with Crippen LogP contribution in [0.2, 0.25) is 0 Å². The number of likely N-dealkylation sites (N-methyl/N-ethyl adjacent to an activating group) is 1. The molecule has 2 fully saturated rings. The first-order chi connectivity index (χ1) is 12.3. The van der Waals surface area contributed by atoms with Gasteiger partial charge in [0, 0.05) is 59.5 Å². The zero-order valence-corrected chi connectivity index (χ0v) is 16.4. The van der Waals surface area contributed by atoms with Crippen molar-refractivity contribution in [2.75, 3.05) is 72.6 Å². The van der Waals surface area contributed by atoms with E-state index in [1.165, 1.54) is 65.0 Å². The molecule has 0 spiro atoms. The van der Waals surface area contributed by atoms with E-state index in [0.29, 0.717) is 0 Å². The van der Waals surface area contributed by atoms with Crippen LogP contribution in [0, 0.1) is 5.92 Å². The van der Waals surface area contributed by atoms with Gasteiger partial charge in [0.15, 0.2) is 5.96 Å². The number of rotatable bonds is 12. The van der Waals surface area contributed by atoms with E-state index in [9.17, 15) is 0 Å². The Bertz CT molecular complexity index is 365. The lowest BCUT2D eigenvalue weighted by Crippen LogP contribution is -2.46. The second-order valence-electron chi connectivity index (χ2n) is 7.28. The molecule has 0 amide bonds. The molecule has 6 heteroatoms. The summed E-state index contributed by atoms with van der Waals surface area (Å²) in [6.07, 6.45) is 6.22. The summed E-state index contributed by atoms with van der Waals surface area (Å²) >= 11 is 0. The third-order valence-electron chi connectivity index (χ3n) is 5.14. The highest BCUT2D eigenvalue weighted by molar-refractivity contribution is 5.79. The van der Waals surface area contributed by atoms with Crippen LogP contribution >= 0.6 is 0 Å². The minimum atomic E-state index is 0.853. The van der Waals surface area contributed by atoms with Crippen molar-refractivity contribution >= 4 is 5.96 Å². The normalized spacial score (nSPS) is 20.0. The number of hydrogen-bond donors (Lipinski definition) is 2. The van der Waals surface area contributed by atoms with E-state index in [2.05, 4.69) is 32.3 Å². The maximum absolute atomic E-state index is 5.65. The number of ether oxygens (including phenoxy) is 1. The summed E-state index contributed by atoms with van der Waals surface area (Å²) in [6.45, 7) is 13.3. The van der Waals surface area contributed by atoms with Crippen LogP contribution < -0.4 is 10.6 Å². The van der Waals surface area contributed by atoms with Crippen LogP contribution in [-0.2, 0) is 4.74 Å². The van der Waals surface area contributed by atoms with E-state index in [4.69, 9.17) is 4.74 Å². The summed E-state index contributed by atoms with van der Waals surface area (Å²) in [5, 5.41) is 6.78. The molecule has 0 aromatic heterocycles. The van der Waals surface area contributed by atoms with Gasteiger partial charge < -0.3 is 25.2 Å². The molecule has 1 aliphatic carbocycles. The second kappa shape index (κ2) is 12.5. The Morgan fingerprint density at radius 1 is 1.00 bits per heavy atom. The van der Waals surface area contributed by atoms with Crippen LogP contribution in [0.5, 0.6) is 0 Å². The van der Waals surface area contributed by atoms with Gasteiger partial charge in [-0.3, -0.25) is 4.99 Å². The predicted molar refractivity (Wildman–Crippen MR) is 105 cm³/mol. The van der Waals surface area contributed by atoms with Gasteiger partial charge in [0.25, 0.3) is 0 Å². The Morgan fingerprint density at radius 2 is 1.68 bits per heavy atom. The van der Waals surface area contributed by atoms with Gasteiger partial charge in [-0.2, -0.15) is 0 Å². The van der Waals surface area contributed by atoms with Crippen LogP contribution in [0.25, 0.3) is 0 Å². The van der Waals surface area contributed by atoms with Crippen molar-refractivity contribution in [3.63, 3.8) is 0 Å². The number of piperazine rings is 1. The van der Waals surface area contributed by atoms with Crippen LogP contribution in [-0.4, -0.2) is 88.4 Å². The van der Waals surface area contributed by atoms with Crippen molar-refractivity contribution < 1.29 is 4.74 Å². The Balaban J connectivity index is 1.39. The standard InChI is InChI=1S/C19H39N5O/c1-3-23-12-14-24(15-13-23)11-5-4-9-21-19(20-2)22-10-6-16-25-17-18-7-8-18/h18H,3-17H2,1-2H3,(H2,20,21,22).